The normalized spacial score (nSPS) is 11.2. The van der Waals surface area contributed by atoms with E-state index in [1.54, 1.807) is 11.6 Å². The summed E-state index contributed by atoms with van der Waals surface area (Å²) in [6, 6.07) is 1.91. The van der Waals surface area contributed by atoms with E-state index < -0.39 is 0 Å². The van der Waals surface area contributed by atoms with Crippen molar-refractivity contribution < 1.29 is 4.52 Å². The van der Waals surface area contributed by atoms with Gasteiger partial charge < -0.3 is 4.52 Å². The van der Waals surface area contributed by atoms with Crippen LogP contribution in [0.3, 0.4) is 0 Å². The van der Waals surface area contributed by atoms with Crippen molar-refractivity contribution in [2.24, 2.45) is 5.18 Å². The van der Waals surface area contributed by atoms with Crippen LogP contribution in [0.15, 0.2) is 15.8 Å². The average molecular weight is 248 g/mol. The van der Waals surface area contributed by atoms with E-state index in [4.69, 9.17) is 4.52 Å². The van der Waals surface area contributed by atoms with Crippen molar-refractivity contribution in [3.05, 3.63) is 33.8 Å². The molecule has 0 aliphatic rings. The van der Waals surface area contributed by atoms with Crippen molar-refractivity contribution in [3.8, 4) is 0 Å². The Morgan fingerprint density at radius 1 is 1.44 bits per heavy atom. The van der Waals surface area contributed by atoms with Crippen molar-refractivity contribution in [3.63, 3.8) is 0 Å². The van der Waals surface area contributed by atoms with Crippen LogP contribution in [0.5, 0.6) is 0 Å². The monoisotopic (exact) mass is 248 g/mol. The van der Waals surface area contributed by atoms with Gasteiger partial charge in [-0.15, -0.1) is 4.91 Å². The van der Waals surface area contributed by atoms with Crippen LogP contribution in [0.4, 0.5) is 5.69 Å². The molecule has 0 atom stereocenters. The number of rotatable bonds is 4. The van der Waals surface area contributed by atoms with Gasteiger partial charge in [-0.25, -0.2) is 0 Å². The van der Waals surface area contributed by atoms with Crippen molar-refractivity contribution in [1.82, 2.24) is 14.9 Å². The largest absolute Gasteiger partial charge is 0.359 e. The summed E-state index contributed by atoms with van der Waals surface area (Å²) in [7, 11) is 0. The standard InChI is InChI=1S/C12H16N4O2/c1-7(2)11-5-10(18-15-11)6-16-9(4)12(14-17)8(3)13-16/h5,7H,6H2,1-4H3. The average Bonchev–Trinajstić information content (AvgIpc) is 2.86. The minimum Gasteiger partial charge on any atom is -0.359 e. The van der Waals surface area contributed by atoms with Crippen molar-refractivity contribution in [2.45, 2.75) is 40.2 Å². The fraction of sp³-hybridized carbons (Fsp3) is 0.500. The van der Waals surface area contributed by atoms with E-state index in [9.17, 15) is 4.91 Å². The van der Waals surface area contributed by atoms with Crippen molar-refractivity contribution in [2.75, 3.05) is 0 Å². The first-order chi connectivity index (χ1) is 8.52. The summed E-state index contributed by atoms with van der Waals surface area (Å²) in [4.78, 5) is 10.7. The smallest absolute Gasteiger partial charge is 0.158 e. The first kappa shape index (κ1) is 12.5. The third-order valence-corrected chi connectivity index (χ3v) is 2.91. The molecule has 0 radical (unpaired) electrons. The van der Waals surface area contributed by atoms with Gasteiger partial charge in [0.2, 0.25) is 0 Å². The molecule has 0 unspecified atom stereocenters. The molecular formula is C12H16N4O2. The van der Waals surface area contributed by atoms with E-state index in [2.05, 4.69) is 29.3 Å². The zero-order valence-corrected chi connectivity index (χ0v) is 11.0. The summed E-state index contributed by atoms with van der Waals surface area (Å²) < 4.78 is 6.95. The maximum absolute atomic E-state index is 10.7. The number of hydrogen-bond donors (Lipinski definition) is 0. The maximum Gasteiger partial charge on any atom is 0.158 e. The molecule has 0 aliphatic carbocycles. The molecule has 96 valence electrons. The highest BCUT2D eigenvalue weighted by Crippen LogP contribution is 2.23. The molecule has 0 amide bonds. The van der Waals surface area contributed by atoms with Crippen LogP contribution < -0.4 is 0 Å². The van der Waals surface area contributed by atoms with E-state index >= 15 is 0 Å². The topological polar surface area (TPSA) is 73.3 Å². The number of aromatic nitrogens is 3. The molecule has 2 heterocycles. The molecule has 2 aromatic heterocycles. The van der Waals surface area contributed by atoms with Crippen LogP contribution in [0.1, 0.15) is 42.6 Å². The lowest BCUT2D eigenvalue weighted by Crippen LogP contribution is -2.02. The summed E-state index contributed by atoms with van der Waals surface area (Å²) >= 11 is 0. The van der Waals surface area contributed by atoms with Crippen LogP contribution in [-0.2, 0) is 6.54 Å². The summed E-state index contributed by atoms with van der Waals surface area (Å²) in [5, 5.41) is 11.2. The number of nitroso groups, excluding NO2 is 1. The van der Waals surface area contributed by atoms with E-state index in [0.717, 1.165) is 17.1 Å². The molecule has 6 nitrogen and oxygen atoms in total. The van der Waals surface area contributed by atoms with E-state index in [-0.39, 0.29) is 0 Å². The van der Waals surface area contributed by atoms with E-state index in [1.165, 1.54) is 0 Å². The molecule has 0 saturated carbocycles. The first-order valence-electron chi connectivity index (χ1n) is 5.85. The molecule has 0 bridgehead atoms. The summed E-state index contributed by atoms with van der Waals surface area (Å²) in [5.41, 5.74) is 2.69. The predicted molar refractivity (Wildman–Crippen MR) is 66.9 cm³/mol. The van der Waals surface area contributed by atoms with Gasteiger partial charge in [-0.2, -0.15) is 5.10 Å². The Morgan fingerprint density at radius 2 is 2.17 bits per heavy atom. The molecule has 0 aromatic carbocycles. The molecule has 2 rings (SSSR count). The van der Waals surface area contributed by atoms with E-state index in [1.807, 2.05) is 13.0 Å². The first-order valence-corrected chi connectivity index (χ1v) is 5.85. The summed E-state index contributed by atoms with van der Waals surface area (Å²) in [5.74, 6) is 1.05. The second kappa shape index (κ2) is 4.72. The van der Waals surface area contributed by atoms with Gasteiger partial charge in [-0.1, -0.05) is 19.0 Å². The minimum absolute atomic E-state index is 0.329. The molecule has 6 heteroatoms. The highest BCUT2D eigenvalue weighted by atomic mass is 16.5. The lowest BCUT2D eigenvalue weighted by Gasteiger charge is -1.99. The third-order valence-electron chi connectivity index (χ3n) is 2.91. The maximum atomic E-state index is 10.7. The molecule has 0 N–H and O–H groups in total. The van der Waals surface area contributed by atoms with Crippen molar-refractivity contribution in [1.29, 1.82) is 0 Å². The highest BCUT2D eigenvalue weighted by Gasteiger charge is 2.14. The zero-order valence-electron chi connectivity index (χ0n) is 11.0. The van der Waals surface area contributed by atoms with Gasteiger partial charge in [-0.3, -0.25) is 4.68 Å². The fourth-order valence-corrected chi connectivity index (χ4v) is 1.80. The molecular weight excluding hydrogens is 232 g/mol. The van der Waals surface area contributed by atoms with Gasteiger partial charge in [0.25, 0.3) is 0 Å². The van der Waals surface area contributed by atoms with Crippen molar-refractivity contribution >= 4 is 5.69 Å². The number of hydrogen-bond acceptors (Lipinski definition) is 5. The third kappa shape index (κ3) is 2.18. The second-order valence-electron chi connectivity index (χ2n) is 4.64. The van der Waals surface area contributed by atoms with Gasteiger partial charge in [0.1, 0.15) is 6.54 Å². The predicted octanol–water partition coefficient (Wildman–Crippen LogP) is 3.06. The molecule has 0 saturated heterocycles. The number of nitrogens with zero attached hydrogens (tertiary/aromatic N) is 4. The summed E-state index contributed by atoms with van der Waals surface area (Å²) in [6.07, 6.45) is 0. The minimum atomic E-state index is 0.329. The molecule has 0 aliphatic heterocycles. The van der Waals surface area contributed by atoms with Gasteiger partial charge >= 0.3 is 0 Å². The number of aryl methyl sites for hydroxylation is 1. The Labute approximate surface area is 105 Å². The molecule has 18 heavy (non-hydrogen) atoms. The van der Waals surface area contributed by atoms with Gasteiger partial charge in [-0.05, 0) is 24.9 Å². The lowest BCUT2D eigenvalue weighted by atomic mass is 10.1. The van der Waals surface area contributed by atoms with Crippen LogP contribution in [0.25, 0.3) is 0 Å². The highest BCUT2D eigenvalue weighted by molar-refractivity contribution is 5.45. The summed E-state index contributed by atoms with van der Waals surface area (Å²) in [6.45, 7) is 8.15. The molecule has 2 aromatic rings. The van der Waals surface area contributed by atoms with Crippen LogP contribution >= 0.6 is 0 Å². The Bertz CT molecular complexity index is 569. The van der Waals surface area contributed by atoms with E-state index in [0.29, 0.717) is 23.8 Å². The quantitative estimate of drug-likeness (QED) is 0.779. The van der Waals surface area contributed by atoms with Crippen LogP contribution in [0.2, 0.25) is 0 Å². The Kier molecular flexibility index (Phi) is 3.27. The van der Waals surface area contributed by atoms with Gasteiger partial charge in [0, 0.05) is 6.07 Å². The lowest BCUT2D eigenvalue weighted by molar-refractivity contribution is 0.363. The SMILES string of the molecule is Cc1nn(Cc2cc(C(C)C)no2)c(C)c1N=O. The second-order valence-corrected chi connectivity index (χ2v) is 4.64. The Hall–Kier alpha value is -1.98. The van der Waals surface area contributed by atoms with Gasteiger partial charge in [0.05, 0.1) is 17.1 Å². The fourth-order valence-electron chi connectivity index (χ4n) is 1.80. The molecule has 0 fully saturated rings. The Balaban J connectivity index is 2.25. The molecule has 0 spiro atoms. The zero-order chi connectivity index (χ0) is 13.3. The Morgan fingerprint density at radius 3 is 2.67 bits per heavy atom. The van der Waals surface area contributed by atoms with Gasteiger partial charge in [0.15, 0.2) is 11.4 Å². The van der Waals surface area contributed by atoms with Crippen LogP contribution in [0, 0.1) is 18.8 Å². The van der Waals surface area contributed by atoms with Crippen LogP contribution in [-0.4, -0.2) is 14.9 Å².